The van der Waals surface area contributed by atoms with Gasteiger partial charge in [-0.1, -0.05) is 36.2 Å². The Morgan fingerprint density at radius 3 is 2.60 bits per heavy atom. The second-order valence-electron chi connectivity index (χ2n) is 6.17. The van der Waals surface area contributed by atoms with Crippen molar-refractivity contribution in [1.82, 2.24) is 10.2 Å². The first-order valence-corrected chi connectivity index (χ1v) is 8.05. The van der Waals surface area contributed by atoms with Gasteiger partial charge in [0, 0.05) is 24.7 Å². The van der Waals surface area contributed by atoms with Crippen LogP contribution in [-0.4, -0.2) is 30.6 Å². The molecule has 0 bridgehead atoms. The zero-order chi connectivity index (χ0) is 14.9. The van der Waals surface area contributed by atoms with Gasteiger partial charge in [-0.2, -0.15) is 0 Å². The predicted molar refractivity (Wildman–Crippen MR) is 87.7 cm³/mol. The summed E-state index contributed by atoms with van der Waals surface area (Å²) < 4.78 is 0. The second-order valence-corrected chi connectivity index (χ2v) is 6.98. The number of piperidine rings is 1. The number of benzene rings is 1. The average molecular weight is 315 g/mol. The van der Waals surface area contributed by atoms with Crippen molar-refractivity contribution in [1.29, 1.82) is 0 Å². The van der Waals surface area contributed by atoms with E-state index in [9.17, 15) is 0 Å². The highest BCUT2D eigenvalue weighted by Gasteiger charge is 2.29. The molecule has 0 saturated carbocycles. The van der Waals surface area contributed by atoms with Gasteiger partial charge in [0.2, 0.25) is 0 Å². The summed E-state index contributed by atoms with van der Waals surface area (Å²) in [5.41, 5.74) is 1.19. The molecule has 0 amide bonds. The van der Waals surface area contributed by atoms with Crippen LogP contribution >= 0.6 is 23.2 Å². The van der Waals surface area contributed by atoms with E-state index < -0.39 is 0 Å². The summed E-state index contributed by atoms with van der Waals surface area (Å²) in [7, 11) is 2.21. The van der Waals surface area contributed by atoms with Gasteiger partial charge >= 0.3 is 0 Å². The molecule has 4 unspecified atom stereocenters. The lowest BCUT2D eigenvalue weighted by atomic mass is 9.89. The van der Waals surface area contributed by atoms with Gasteiger partial charge < -0.3 is 10.2 Å². The maximum absolute atomic E-state index is 6.11. The smallest absolute Gasteiger partial charge is 0.0595 e. The van der Waals surface area contributed by atoms with Crippen molar-refractivity contribution in [2.24, 2.45) is 5.92 Å². The van der Waals surface area contributed by atoms with Crippen LogP contribution in [0.15, 0.2) is 18.2 Å². The van der Waals surface area contributed by atoms with Crippen molar-refractivity contribution in [2.75, 3.05) is 13.6 Å². The molecule has 4 atom stereocenters. The second kappa shape index (κ2) is 6.65. The fraction of sp³-hybridized carbons (Fsp3) is 0.625. The number of nitrogens with one attached hydrogen (secondary N) is 1. The summed E-state index contributed by atoms with van der Waals surface area (Å²) in [6.45, 7) is 7.95. The SMILES string of the molecule is CC(NC1CC(C)N(C)CC1C)c1ccc(Cl)c(Cl)c1. The van der Waals surface area contributed by atoms with Crippen LogP contribution in [0.4, 0.5) is 0 Å². The summed E-state index contributed by atoms with van der Waals surface area (Å²) in [4.78, 5) is 2.44. The molecule has 1 saturated heterocycles. The molecule has 1 N–H and O–H groups in total. The normalized spacial score (nSPS) is 29.4. The Kier molecular flexibility index (Phi) is 5.36. The molecule has 1 aromatic rings. The number of nitrogens with zero attached hydrogens (tertiary/aromatic N) is 1. The Morgan fingerprint density at radius 1 is 1.25 bits per heavy atom. The first kappa shape index (κ1) is 16.1. The van der Waals surface area contributed by atoms with Gasteiger partial charge in [0.15, 0.2) is 0 Å². The van der Waals surface area contributed by atoms with Gasteiger partial charge in [-0.25, -0.2) is 0 Å². The largest absolute Gasteiger partial charge is 0.307 e. The average Bonchev–Trinajstić information content (AvgIpc) is 2.39. The summed E-state index contributed by atoms with van der Waals surface area (Å²) in [5, 5.41) is 5.00. The lowest BCUT2D eigenvalue weighted by Crippen LogP contribution is -2.51. The van der Waals surface area contributed by atoms with E-state index in [1.54, 1.807) is 0 Å². The molecule has 0 radical (unpaired) electrons. The number of hydrogen-bond acceptors (Lipinski definition) is 2. The molecule has 0 aromatic heterocycles. The molecule has 2 rings (SSSR count). The number of rotatable bonds is 3. The Bertz CT molecular complexity index is 464. The summed E-state index contributed by atoms with van der Waals surface area (Å²) in [6, 6.07) is 7.35. The quantitative estimate of drug-likeness (QED) is 0.891. The monoisotopic (exact) mass is 314 g/mol. The van der Waals surface area contributed by atoms with E-state index >= 15 is 0 Å². The van der Waals surface area contributed by atoms with Crippen molar-refractivity contribution in [3.63, 3.8) is 0 Å². The first-order valence-electron chi connectivity index (χ1n) is 7.29. The highest BCUT2D eigenvalue weighted by atomic mass is 35.5. The Balaban J connectivity index is 2.03. The van der Waals surface area contributed by atoms with Gasteiger partial charge in [-0.15, -0.1) is 0 Å². The highest BCUT2D eigenvalue weighted by molar-refractivity contribution is 6.42. The molecule has 1 aromatic carbocycles. The van der Waals surface area contributed by atoms with Crippen molar-refractivity contribution in [3.8, 4) is 0 Å². The molecule has 1 aliphatic rings. The maximum atomic E-state index is 6.11. The van der Waals surface area contributed by atoms with E-state index in [0.29, 0.717) is 28.0 Å². The van der Waals surface area contributed by atoms with Gasteiger partial charge in [-0.05, 0) is 50.9 Å². The van der Waals surface area contributed by atoms with E-state index in [0.717, 1.165) is 6.54 Å². The zero-order valence-electron chi connectivity index (χ0n) is 12.7. The van der Waals surface area contributed by atoms with E-state index in [-0.39, 0.29) is 6.04 Å². The van der Waals surface area contributed by atoms with Gasteiger partial charge in [-0.3, -0.25) is 0 Å². The van der Waals surface area contributed by atoms with E-state index in [4.69, 9.17) is 23.2 Å². The van der Waals surface area contributed by atoms with Crippen LogP contribution in [0.1, 0.15) is 38.8 Å². The molecule has 0 aliphatic carbocycles. The molecule has 20 heavy (non-hydrogen) atoms. The third-order valence-electron chi connectivity index (χ3n) is 4.52. The zero-order valence-corrected chi connectivity index (χ0v) is 14.2. The van der Waals surface area contributed by atoms with Crippen molar-refractivity contribution in [3.05, 3.63) is 33.8 Å². The van der Waals surface area contributed by atoms with Gasteiger partial charge in [0.1, 0.15) is 0 Å². The van der Waals surface area contributed by atoms with Crippen LogP contribution in [0.3, 0.4) is 0 Å². The van der Waals surface area contributed by atoms with Gasteiger partial charge in [0.25, 0.3) is 0 Å². The third kappa shape index (κ3) is 3.67. The number of likely N-dealkylation sites (tertiary alicyclic amines) is 1. The minimum atomic E-state index is 0.285. The fourth-order valence-electron chi connectivity index (χ4n) is 2.97. The Hall–Kier alpha value is -0.280. The fourth-order valence-corrected chi connectivity index (χ4v) is 3.28. The Labute approximate surface area is 132 Å². The third-order valence-corrected chi connectivity index (χ3v) is 5.26. The summed E-state index contributed by atoms with van der Waals surface area (Å²) >= 11 is 12.1. The minimum absolute atomic E-state index is 0.285. The highest BCUT2D eigenvalue weighted by Crippen LogP contribution is 2.28. The van der Waals surface area contributed by atoms with E-state index in [1.807, 2.05) is 12.1 Å². The van der Waals surface area contributed by atoms with Crippen LogP contribution in [0.25, 0.3) is 0 Å². The Morgan fingerprint density at radius 2 is 1.95 bits per heavy atom. The van der Waals surface area contributed by atoms with E-state index in [2.05, 4.69) is 44.1 Å². The molecule has 112 valence electrons. The number of hydrogen-bond donors (Lipinski definition) is 1. The summed E-state index contributed by atoms with van der Waals surface area (Å²) in [5.74, 6) is 0.654. The van der Waals surface area contributed by atoms with Crippen LogP contribution in [0.2, 0.25) is 10.0 Å². The molecule has 4 heteroatoms. The lowest BCUT2D eigenvalue weighted by Gasteiger charge is -2.41. The first-order chi connectivity index (χ1) is 9.38. The van der Waals surface area contributed by atoms with Crippen LogP contribution < -0.4 is 5.32 Å². The van der Waals surface area contributed by atoms with Crippen LogP contribution in [0.5, 0.6) is 0 Å². The topological polar surface area (TPSA) is 15.3 Å². The van der Waals surface area contributed by atoms with Crippen LogP contribution in [-0.2, 0) is 0 Å². The molecule has 0 spiro atoms. The van der Waals surface area contributed by atoms with Crippen LogP contribution in [0, 0.1) is 5.92 Å². The molecular formula is C16H24Cl2N2. The standard InChI is InChI=1S/C16H24Cl2N2/c1-10-9-20(4)11(2)7-16(10)19-12(3)13-5-6-14(17)15(18)8-13/h5-6,8,10-12,16,19H,7,9H2,1-4H3. The molecule has 1 heterocycles. The molecule has 2 nitrogen and oxygen atoms in total. The van der Waals surface area contributed by atoms with Crippen molar-refractivity contribution < 1.29 is 0 Å². The minimum Gasteiger partial charge on any atom is -0.307 e. The van der Waals surface area contributed by atoms with Crippen molar-refractivity contribution >= 4 is 23.2 Å². The predicted octanol–water partition coefficient (Wildman–Crippen LogP) is 4.37. The maximum Gasteiger partial charge on any atom is 0.0595 e. The van der Waals surface area contributed by atoms with E-state index in [1.165, 1.54) is 12.0 Å². The number of halogens is 2. The van der Waals surface area contributed by atoms with Crippen molar-refractivity contribution in [2.45, 2.75) is 45.3 Å². The van der Waals surface area contributed by atoms with Gasteiger partial charge in [0.05, 0.1) is 10.0 Å². The molecule has 1 aliphatic heterocycles. The lowest BCUT2D eigenvalue weighted by molar-refractivity contribution is 0.116. The molecular weight excluding hydrogens is 291 g/mol. The molecule has 1 fully saturated rings. The summed E-state index contributed by atoms with van der Waals surface area (Å²) in [6.07, 6.45) is 1.18.